The zero-order valence-electron chi connectivity index (χ0n) is 11.2. The number of hydrogen-bond donors (Lipinski definition) is 2. The number of pyridine rings is 1. The van der Waals surface area contributed by atoms with E-state index in [2.05, 4.69) is 24.1 Å². The topological polar surface area (TPSA) is 62.2 Å². The van der Waals surface area contributed by atoms with Crippen molar-refractivity contribution in [1.82, 2.24) is 4.98 Å². The second-order valence-electron chi connectivity index (χ2n) is 4.73. The standard InChI is InChI=1S/C15H15ClN2O2/c1-9(2)11-5-3-4-6-13(11)18-14-12(16)7-10(8-17-14)15(19)20/h3-9H,1-2H3,(H,17,18)(H,19,20). The molecule has 0 bridgehead atoms. The summed E-state index contributed by atoms with van der Waals surface area (Å²) in [7, 11) is 0. The minimum atomic E-state index is -1.05. The lowest BCUT2D eigenvalue weighted by molar-refractivity contribution is 0.0696. The van der Waals surface area contributed by atoms with Crippen LogP contribution in [0.5, 0.6) is 0 Å². The van der Waals surface area contributed by atoms with E-state index in [9.17, 15) is 4.79 Å². The Morgan fingerprint density at radius 3 is 2.65 bits per heavy atom. The largest absolute Gasteiger partial charge is 0.478 e. The first-order chi connectivity index (χ1) is 9.49. The van der Waals surface area contributed by atoms with Crippen molar-refractivity contribution < 1.29 is 9.90 Å². The van der Waals surface area contributed by atoms with Crippen LogP contribution in [0.1, 0.15) is 35.7 Å². The molecule has 2 aromatic rings. The number of aromatic carboxylic acids is 1. The minimum absolute atomic E-state index is 0.0673. The lowest BCUT2D eigenvalue weighted by Crippen LogP contribution is -2.02. The maximum atomic E-state index is 10.8. The Balaban J connectivity index is 2.33. The monoisotopic (exact) mass is 290 g/mol. The maximum Gasteiger partial charge on any atom is 0.337 e. The maximum absolute atomic E-state index is 10.8. The summed E-state index contributed by atoms with van der Waals surface area (Å²) < 4.78 is 0. The van der Waals surface area contributed by atoms with Gasteiger partial charge in [-0.1, -0.05) is 43.6 Å². The van der Waals surface area contributed by atoms with Crippen molar-refractivity contribution >= 4 is 29.1 Å². The molecular weight excluding hydrogens is 276 g/mol. The van der Waals surface area contributed by atoms with E-state index in [-0.39, 0.29) is 10.6 Å². The van der Waals surface area contributed by atoms with Crippen LogP contribution in [0.4, 0.5) is 11.5 Å². The van der Waals surface area contributed by atoms with Crippen LogP contribution < -0.4 is 5.32 Å². The third kappa shape index (κ3) is 3.08. The third-order valence-corrected chi connectivity index (χ3v) is 3.21. The molecule has 2 N–H and O–H groups in total. The highest BCUT2D eigenvalue weighted by Crippen LogP contribution is 2.29. The molecule has 0 aliphatic carbocycles. The summed E-state index contributed by atoms with van der Waals surface area (Å²) in [6, 6.07) is 9.26. The second kappa shape index (κ2) is 5.92. The van der Waals surface area contributed by atoms with Gasteiger partial charge >= 0.3 is 5.97 Å². The number of nitrogens with zero attached hydrogens (tertiary/aromatic N) is 1. The predicted molar refractivity (Wildman–Crippen MR) is 80.0 cm³/mol. The molecule has 0 spiro atoms. The van der Waals surface area contributed by atoms with Gasteiger partial charge in [0.25, 0.3) is 0 Å². The summed E-state index contributed by atoms with van der Waals surface area (Å²) in [6.45, 7) is 4.20. The van der Waals surface area contributed by atoms with Crippen LogP contribution in [-0.4, -0.2) is 16.1 Å². The molecule has 0 atom stereocenters. The Bertz CT molecular complexity index is 642. The van der Waals surface area contributed by atoms with Gasteiger partial charge in [0.2, 0.25) is 0 Å². The fraction of sp³-hybridized carbons (Fsp3) is 0.200. The van der Waals surface area contributed by atoms with Crippen LogP contribution >= 0.6 is 11.6 Å². The molecule has 0 saturated carbocycles. The molecule has 1 aromatic carbocycles. The van der Waals surface area contributed by atoms with E-state index in [1.54, 1.807) is 0 Å². The lowest BCUT2D eigenvalue weighted by atomic mass is 10.0. The molecule has 2 rings (SSSR count). The quantitative estimate of drug-likeness (QED) is 0.881. The summed E-state index contributed by atoms with van der Waals surface area (Å²) in [5.41, 5.74) is 2.13. The molecule has 0 radical (unpaired) electrons. The number of carboxylic acid groups (broad SMARTS) is 1. The smallest absolute Gasteiger partial charge is 0.337 e. The summed E-state index contributed by atoms with van der Waals surface area (Å²) >= 11 is 6.07. The predicted octanol–water partition coefficient (Wildman–Crippen LogP) is 4.30. The van der Waals surface area contributed by atoms with Gasteiger partial charge in [-0.15, -0.1) is 0 Å². The number of rotatable bonds is 4. The molecule has 0 unspecified atom stereocenters. The number of carbonyl (C=O) groups is 1. The van der Waals surface area contributed by atoms with Crippen molar-refractivity contribution in [2.75, 3.05) is 5.32 Å². The van der Waals surface area contributed by atoms with Crippen LogP contribution in [0.2, 0.25) is 5.02 Å². The molecule has 0 fully saturated rings. The number of benzene rings is 1. The van der Waals surface area contributed by atoms with Gasteiger partial charge in [-0.2, -0.15) is 0 Å². The van der Waals surface area contributed by atoms with Crippen molar-refractivity contribution in [3.8, 4) is 0 Å². The van der Waals surface area contributed by atoms with E-state index in [1.807, 2.05) is 24.3 Å². The number of nitrogens with one attached hydrogen (secondary N) is 1. The molecule has 0 aliphatic heterocycles. The Morgan fingerprint density at radius 1 is 1.35 bits per heavy atom. The van der Waals surface area contributed by atoms with Crippen molar-refractivity contribution in [1.29, 1.82) is 0 Å². The van der Waals surface area contributed by atoms with Crippen molar-refractivity contribution in [3.63, 3.8) is 0 Å². The van der Waals surface area contributed by atoms with Gasteiger partial charge in [0, 0.05) is 11.9 Å². The van der Waals surface area contributed by atoms with Gasteiger partial charge in [0.1, 0.15) is 5.82 Å². The van der Waals surface area contributed by atoms with E-state index < -0.39 is 5.97 Å². The number of aromatic nitrogens is 1. The van der Waals surface area contributed by atoms with E-state index in [0.717, 1.165) is 11.3 Å². The van der Waals surface area contributed by atoms with E-state index >= 15 is 0 Å². The third-order valence-electron chi connectivity index (χ3n) is 2.92. The zero-order valence-corrected chi connectivity index (χ0v) is 12.0. The van der Waals surface area contributed by atoms with Crippen LogP contribution in [-0.2, 0) is 0 Å². The summed E-state index contributed by atoms with van der Waals surface area (Å²) in [5, 5.41) is 12.3. The SMILES string of the molecule is CC(C)c1ccccc1Nc1ncc(C(=O)O)cc1Cl. The minimum Gasteiger partial charge on any atom is -0.478 e. The van der Waals surface area contributed by atoms with Gasteiger partial charge < -0.3 is 10.4 Å². The Kier molecular flexibility index (Phi) is 4.25. The number of anilines is 2. The van der Waals surface area contributed by atoms with Gasteiger partial charge in [-0.3, -0.25) is 0 Å². The highest BCUT2D eigenvalue weighted by atomic mass is 35.5. The average molecular weight is 291 g/mol. The molecular formula is C15H15ClN2O2. The molecule has 20 heavy (non-hydrogen) atoms. The second-order valence-corrected chi connectivity index (χ2v) is 5.13. The molecule has 5 heteroatoms. The Labute approximate surface area is 122 Å². The van der Waals surface area contributed by atoms with Crippen LogP contribution in [0, 0.1) is 0 Å². The molecule has 104 valence electrons. The van der Waals surface area contributed by atoms with Crippen molar-refractivity contribution in [3.05, 3.63) is 52.7 Å². The number of halogens is 1. The molecule has 0 aliphatic rings. The molecule has 0 saturated heterocycles. The van der Waals surface area contributed by atoms with Gasteiger partial charge in [0.05, 0.1) is 10.6 Å². The van der Waals surface area contributed by atoms with Crippen LogP contribution in [0.25, 0.3) is 0 Å². The fourth-order valence-corrected chi connectivity index (χ4v) is 2.10. The van der Waals surface area contributed by atoms with Crippen LogP contribution in [0.3, 0.4) is 0 Å². The first-order valence-corrected chi connectivity index (χ1v) is 6.61. The average Bonchev–Trinajstić information content (AvgIpc) is 2.41. The van der Waals surface area contributed by atoms with E-state index in [1.165, 1.54) is 12.3 Å². The Morgan fingerprint density at radius 2 is 2.05 bits per heavy atom. The summed E-state index contributed by atoms with van der Waals surface area (Å²) in [6.07, 6.45) is 1.29. The van der Waals surface area contributed by atoms with Gasteiger partial charge in [0.15, 0.2) is 0 Å². The molecule has 0 amide bonds. The summed E-state index contributed by atoms with van der Waals surface area (Å²) in [4.78, 5) is 14.9. The first kappa shape index (κ1) is 14.3. The van der Waals surface area contributed by atoms with Gasteiger partial charge in [-0.05, 0) is 23.6 Å². The van der Waals surface area contributed by atoms with E-state index in [0.29, 0.717) is 11.7 Å². The highest BCUT2D eigenvalue weighted by Gasteiger charge is 2.11. The summed E-state index contributed by atoms with van der Waals surface area (Å²) in [5.74, 6) is -0.242. The Hall–Kier alpha value is -2.07. The fourth-order valence-electron chi connectivity index (χ4n) is 1.89. The number of hydrogen-bond acceptors (Lipinski definition) is 3. The zero-order chi connectivity index (χ0) is 14.7. The molecule has 1 aromatic heterocycles. The highest BCUT2D eigenvalue weighted by molar-refractivity contribution is 6.33. The number of para-hydroxylation sites is 1. The van der Waals surface area contributed by atoms with Crippen LogP contribution in [0.15, 0.2) is 36.5 Å². The molecule has 4 nitrogen and oxygen atoms in total. The number of carboxylic acids is 1. The lowest BCUT2D eigenvalue weighted by Gasteiger charge is -2.14. The molecule has 1 heterocycles. The van der Waals surface area contributed by atoms with E-state index in [4.69, 9.17) is 16.7 Å². The first-order valence-electron chi connectivity index (χ1n) is 6.24. The van der Waals surface area contributed by atoms with Gasteiger partial charge in [-0.25, -0.2) is 9.78 Å². The van der Waals surface area contributed by atoms with Crippen molar-refractivity contribution in [2.45, 2.75) is 19.8 Å². The normalized spacial score (nSPS) is 10.6. The van der Waals surface area contributed by atoms with Crippen molar-refractivity contribution in [2.24, 2.45) is 0 Å².